The molecule has 5 nitrogen and oxygen atoms in total. The van der Waals surface area contributed by atoms with Gasteiger partial charge in [-0.3, -0.25) is 9.48 Å². The Morgan fingerprint density at radius 2 is 2.04 bits per heavy atom. The Labute approximate surface area is 137 Å². The molecule has 0 aliphatic carbocycles. The zero-order valence-electron chi connectivity index (χ0n) is 14.5. The molecule has 2 aromatic rings. The van der Waals surface area contributed by atoms with Gasteiger partial charge in [-0.1, -0.05) is 13.8 Å². The maximum Gasteiger partial charge on any atom is 0.272 e. The van der Waals surface area contributed by atoms with Crippen molar-refractivity contribution >= 4 is 5.91 Å². The number of aryl methyl sites for hydroxylation is 3. The molecule has 0 radical (unpaired) electrons. The van der Waals surface area contributed by atoms with Gasteiger partial charge in [-0.15, -0.1) is 0 Å². The number of hydrogen-bond acceptors (Lipinski definition) is 3. The first-order chi connectivity index (χ1) is 10.8. The minimum Gasteiger partial charge on any atom is -0.336 e. The number of aromatic nitrogens is 3. The highest BCUT2D eigenvalue weighted by Gasteiger charge is 2.42. The van der Waals surface area contributed by atoms with Crippen LogP contribution in [0.5, 0.6) is 0 Å². The number of amides is 1. The van der Waals surface area contributed by atoms with E-state index in [1.807, 2.05) is 48.8 Å². The third-order valence-electron chi connectivity index (χ3n) is 4.68. The van der Waals surface area contributed by atoms with Gasteiger partial charge in [-0.2, -0.15) is 5.10 Å². The van der Waals surface area contributed by atoms with Crippen LogP contribution in [0.15, 0.2) is 24.5 Å². The van der Waals surface area contributed by atoms with Crippen LogP contribution in [-0.4, -0.2) is 38.7 Å². The Hall–Kier alpha value is -2.17. The molecule has 3 heterocycles. The highest BCUT2D eigenvalue weighted by atomic mass is 16.2. The summed E-state index contributed by atoms with van der Waals surface area (Å²) >= 11 is 0. The van der Waals surface area contributed by atoms with Gasteiger partial charge in [0.2, 0.25) is 0 Å². The summed E-state index contributed by atoms with van der Waals surface area (Å²) in [5.41, 5.74) is 3.72. The molecule has 0 aromatic carbocycles. The lowest BCUT2D eigenvalue weighted by atomic mass is 9.79. The summed E-state index contributed by atoms with van der Waals surface area (Å²) in [5, 5.41) is 4.28. The van der Waals surface area contributed by atoms with Crippen LogP contribution in [0.1, 0.15) is 47.1 Å². The molecule has 1 saturated heterocycles. The third kappa shape index (κ3) is 3.00. The van der Waals surface area contributed by atoms with Gasteiger partial charge in [0.25, 0.3) is 5.91 Å². The molecular weight excluding hydrogens is 288 g/mol. The zero-order chi connectivity index (χ0) is 16.8. The third-order valence-corrected chi connectivity index (χ3v) is 4.68. The molecule has 0 spiro atoms. The van der Waals surface area contributed by atoms with Gasteiger partial charge in [0, 0.05) is 37.9 Å². The lowest BCUT2D eigenvalue weighted by Gasteiger charge is -2.24. The van der Waals surface area contributed by atoms with Gasteiger partial charge < -0.3 is 4.90 Å². The SMILES string of the molecule is Cc1cc(C)nc(C(=O)N2CC(c3cnn(C)c3)C(C)(C)C2)c1. The molecular formula is C18H24N4O. The molecule has 0 bridgehead atoms. The van der Waals surface area contributed by atoms with Crippen LogP contribution in [0, 0.1) is 19.3 Å². The number of carbonyl (C=O) groups is 1. The van der Waals surface area contributed by atoms with Crippen LogP contribution in [-0.2, 0) is 7.05 Å². The Balaban J connectivity index is 1.86. The first-order valence-corrected chi connectivity index (χ1v) is 7.99. The molecule has 0 saturated carbocycles. The largest absolute Gasteiger partial charge is 0.336 e. The minimum atomic E-state index is 0.0243. The van der Waals surface area contributed by atoms with Crippen LogP contribution >= 0.6 is 0 Å². The van der Waals surface area contributed by atoms with Crippen molar-refractivity contribution in [3.05, 3.63) is 47.0 Å². The lowest BCUT2D eigenvalue weighted by Crippen LogP contribution is -2.31. The number of likely N-dealkylation sites (tertiary alicyclic amines) is 1. The minimum absolute atomic E-state index is 0.0243. The topological polar surface area (TPSA) is 51.0 Å². The molecule has 122 valence electrons. The van der Waals surface area contributed by atoms with Crippen LogP contribution in [0.25, 0.3) is 0 Å². The van der Waals surface area contributed by atoms with Crippen molar-refractivity contribution in [2.75, 3.05) is 13.1 Å². The summed E-state index contributed by atoms with van der Waals surface area (Å²) in [6.07, 6.45) is 3.96. The predicted molar refractivity (Wildman–Crippen MR) is 89.3 cm³/mol. The molecule has 1 fully saturated rings. The average molecular weight is 312 g/mol. The second kappa shape index (κ2) is 5.48. The van der Waals surface area contributed by atoms with Crippen molar-refractivity contribution in [1.82, 2.24) is 19.7 Å². The van der Waals surface area contributed by atoms with E-state index >= 15 is 0 Å². The lowest BCUT2D eigenvalue weighted by molar-refractivity contribution is 0.0772. The van der Waals surface area contributed by atoms with Crippen molar-refractivity contribution in [3.8, 4) is 0 Å². The Kier molecular flexibility index (Phi) is 3.74. The predicted octanol–water partition coefficient (Wildman–Crippen LogP) is 2.70. The van der Waals surface area contributed by atoms with Crippen molar-refractivity contribution in [2.24, 2.45) is 12.5 Å². The number of hydrogen-bond donors (Lipinski definition) is 0. The number of carbonyl (C=O) groups excluding carboxylic acids is 1. The molecule has 3 rings (SSSR count). The Morgan fingerprint density at radius 3 is 2.65 bits per heavy atom. The fourth-order valence-electron chi connectivity index (χ4n) is 3.58. The number of nitrogens with zero attached hydrogens (tertiary/aromatic N) is 4. The molecule has 1 atom stereocenters. The quantitative estimate of drug-likeness (QED) is 0.856. The number of pyridine rings is 1. The van der Waals surface area contributed by atoms with E-state index in [-0.39, 0.29) is 11.3 Å². The summed E-state index contributed by atoms with van der Waals surface area (Å²) in [6, 6.07) is 3.86. The van der Waals surface area contributed by atoms with Crippen LogP contribution in [0.3, 0.4) is 0 Å². The summed E-state index contributed by atoms with van der Waals surface area (Å²) in [6.45, 7) is 9.81. The van der Waals surface area contributed by atoms with Gasteiger partial charge >= 0.3 is 0 Å². The summed E-state index contributed by atoms with van der Waals surface area (Å²) in [4.78, 5) is 19.2. The van der Waals surface area contributed by atoms with E-state index in [9.17, 15) is 4.79 Å². The van der Waals surface area contributed by atoms with E-state index < -0.39 is 0 Å². The zero-order valence-corrected chi connectivity index (χ0v) is 14.5. The monoisotopic (exact) mass is 312 g/mol. The van der Waals surface area contributed by atoms with E-state index in [0.717, 1.165) is 17.8 Å². The smallest absolute Gasteiger partial charge is 0.272 e. The highest BCUT2D eigenvalue weighted by molar-refractivity contribution is 5.92. The van der Waals surface area contributed by atoms with Crippen molar-refractivity contribution < 1.29 is 4.79 Å². The molecule has 1 amide bonds. The van der Waals surface area contributed by atoms with Gasteiger partial charge in [-0.05, 0) is 42.5 Å². The Morgan fingerprint density at radius 1 is 1.30 bits per heavy atom. The summed E-state index contributed by atoms with van der Waals surface area (Å²) in [5.74, 6) is 0.322. The molecule has 1 aliphatic rings. The highest BCUT2D eigenvalue weighted by Crippen LogP contribution is 2.42. The number of rotatable bonds is 2. The molecule has 1 aliphatic heterocycles. The maximum atomic E-state index is 12.9. The molecule has 23 heavy (non-hydrogen) atoms. The van der Waals surface area contributed by atoms with E-state index in [2.05, 4.69) is 30.1 Å². The van der Waals surface area contributed by atoms with Crippen LogP contribution in [0.4, 0.5) is 0 Å². The van der Waals surface area contributed by atoms with Gasteiger partial charge in [0.15, 0.2) is 0 Å². The van der Waals surface area contributed by atoms with E-state index in [1.165, 1.54) is 5.56 Å². The molecule has 0 N–H and O–H groups in total. The second-order valence-electron chi connectivity index (χ2n) is 7.35. The summed E-state index contributed by atoms with van der Waals surface area (Å²) < 4.78 is 1.82. The fraction of sp³-hybridized carbons (Fsp3) is 0.500. The first-order valence-electron chi connectivity index (χ1n) is 7.99. The van der Waals surface area contributed by atoms with E-state index in [4.69, 9.17) is 0 Å². The average Bonchev–Trinajstić information content (AvgIpc) is 2.99. The van der Waals surface area contributed by atoms with E-state index in [1.54, 1.807) is 0 Å². The van der Waals surface area contributed by atoms with Crippen molar-refractivity contribution in [3.63, 3.8) is 0 Å². The van der Waals surface area contributed by atoms with Gasteiger partial charge in [0.05, 0.1) is 6.20 Å². The van der Waals surface area contributed by atoms with Crippen LogP contribution < -0.4 is 0 Å². The van der Waals surface area contributed by atoms with Crippen molar-refractivity contribution in [1.29, 1.82) is 0 Å². The van der Waals surface area contributed by atoms with E-state index in [0.29, 0.717) is 18.2 Å². The van der Waals surface area contributed by atoms with Gasteiger partial charge in [-0.25, -0.2) is 4.98 Å². The normalized spacial score (nSPS) is 20.0. The maximum absolute atomic E-state index is 12.9. The van der Waals surface area contributed by atoms with Crippen LogP contribution in [0.2, 0.25) is 0 Å². The molecule has 2 aromatic heterocycles. The second-order valence-corrected chi connectivity index (χ2v) is 7.35. The van der Waals surface area contributed by atoms with Gasteiger partial charge in [0.1, 0.15) is 5.69 Å². The van der Waals surface area contributed by atoms with Crippen molar-refractivity contribution in [2.45, 2.75) is 33.6 Å². The standard InChI is InChI=1S/C18H24N4O/c1-12-6-13(2)20-16(7-12)17(23)22-10-15(18(3,4)11-22)14-8-19-21(5)9-14/h6-9,15H,10-11H2,1-5H3. The summed E-state index contributed by atoms with van der Waals surface area (Å²) in [7, 11) is 1.92. The fourth-order valence-corrected chi connectivity index (χ4v) is 3.58. The Bertz CT molecular complexity index is 727. The first kappa shape index (κ1) is 15.7. The molecule has 5 heteroatoms. The molecule has 1 unspecified atom stereocenters.